The zero-order valence-electron chi connectivity index (χ0n) is 19.5. The first-order valence-electron chi connectivity index (χ1n) is 12.0. The number of Topliss-reactive ketones (excluding diaryl/α,β-unsaturated/α-hetero) is 1. The second-order valence-corrected chi connectivity index (χ2v) is 13.2. The maximum Gasteiger partial charge on any atom is 0.410 e. The van der Waals surface area contributed by atoms with E-state index < -0.39 is 5.60 Å². The highest BCUT2D eigenvalue weighted by Gasteiger charge is 2.63. The molecule has 4 aliphatic carbocycles. The Labute approximate surface area is 181 Å². The number of morpholine rings is 1. The molecule has 5 nitrogen and oxygen atoms in total. The average molecular weight is 418 g/mol. The van der Waals surface area contributed by atoms with Crippen molar-refractivity contribution in [3.63, 3.8) is 0 Å². The van der Waals surface area contributed by atoms with E-state index in [1.807, 2.05) is 25.7 Å². The third-order valence-corrected chi connectivity index (χ3v) is 8.64. The number of carbonyl (C=O) groups excluding carboxylic acids is 2. The Morgan fingerprint density at radius 2 is 1.50 bits per heavy atom. The Morgan fingerprint density at radius 3 is 2.00 bits per heavy atom. The molecule has 4 saturated carbocycles. The lowest BCUT2D eigenvalue weighted by Crippen LogP contribution is -2.63. The number of rotatable bonds is 2. The number of carbonyl (C=O) groups is 2. The van der Waals surface area contributed by atoms with Gasteiger partial charge in [-0.25, -0.2) is 4.79 Å². The smallest absolute Gasteiger partial charge is 0.410 e. The molecule has 0 aromatic carbocycles. The molecule has 0 aromatic rings. The minimum Gasteiger partial charge on any atom is -0.444 e. The molecular formula is C25H39NO4. The van der Waals surface area contributed by atoms with Gasteiger partial charge in [0, 0.05) is 11.3 Å². The van der Waals surface area contributed by atoms with Crippen LogP contribution in [0.3, 0.4) is 0 Å². The van der Waals surface area contributed by atoms with Gasteiger partial charge in [0.1, 0.15) is 11.4 Å². The van der Waals surface area contributed by atoms with Gasteiger partial charge in [-0.05, 0) is 88.9 Å². The number of nitrogens with zero attached hydrogens (tertiary/aromatic N) is 1. The zero-order valence-corrected chi connectivity index (χ0v) is 19.5. The van der Waals surface area contributed by atoms with E-state index in [-0.39, 0.29) is 29.5 Å². The van der Waals surface area contributed by atoms with E-state index >= 15 is 0 Å². The number of ketones is 1. The van der Waals surface area contributed by atoms with Crippen LogP contribution >= 0.6 is 0 Å². The summed E-state index contributed by atoms with van der Waals surface area (Å²) in [6.07, 6.45) is 8.41. The van der Waals surface area contributed by atoms with Gasteiger partial charge >= 0.3 is 6.09 Å². The first-order chi connectivity index (χ1) is 13.9. The summed E-state index contributed by atoms with van der Waals surface area (Å²) in [4.78, 5) is 28.9. The highest BCUT2D eigenvalue weighted by atomic mass is 16.6. The van der Waals surface area contributed by atoms with E-state index in [9.17, 15) is 9.59 Å². The van der Waals surface area contributed by atoms with Crippen molar-refractivity contribution in [2.24, 2.45) is 28.1 Å². The van der Waals surface area contributed by atoms with E-state index in [0.717, 1.165) is 38.0 Å². The molecule has 6 rings (SSSR count). The van der Waals surface area contributed by atoms with Crippen LogP contribution in [0.2, 0.25) is 0 Å². The molecule has 4 atom stereocenters. The second-order valence-electron chi connectivity index (χ2n) is 13.2. The molecule has 6 bridgehead atoms. The predicted molar refractivity (Wildman–Crippen MR) is 114 cm³/mol. The predicted octanol–water partition coefficient (Wildman–Crippen LogP) is 4.97. The first kappa shape index (κ1) is 20.8. The molecule has 2 heterocycles. The van der Waals surface area contributed by atoms with E-state index in [2.05, 4.69) is 13.8 Å². The maximum atomic E-state index is 14.1. The Morgan fingerprint density at radius 1 is 0.933 bits per heavy atom. The van der Waals surface area contributed by atoms with Gasteiger partial charge in [-0.15, -0.1) is 0 Å². The van der Waals surface area contributed by atoms with Crippen LogP contribution in [0, 0.1) is 28.1 Å². The summed E-state index contributed by atoms with van der Waals surface area (Å²) in [5.74, 6) is 1.31. The molecule has 6 fully saturated rings. The highest BCUT2D eigenvalue weighted by Crippen LogP contribution is 2.70. The molecule has 2 saturated heterocycles. The molecular weight excluding hydrogens is 378 g/mol. The van der Waals surface area contributed by atoms with Crippen LogP contribution in [0.4, 0.5) is 4.79 Å². The normalized spacial score (nSPS) is 47.3. The second kappa shape index (κ2) is 6.46. The van der Waals surface area contributed by atoms with Gasteiger partial charge in [-0.3, -0.25) is 9.69 Å². The average Bonchev–Trinajstić information content (AvgIpc) is 2.55. The van der Waals surface area contributed by atoms with Crippen LogP contribution in [-0.4, -0.2) is 47.7 Å². The van der Waals surface area contributed by atoms with E-state index in [1.165, 1.54) is 19.3 Å². The quantitative estimate of drug-likeness (QED) is 0.637. The number of hydrogen-bond acceptors (Lipinski definition) is 4. The van der Waals surface area contributed by atoms with Gasteiger partial charge in [-0.1, -0.05) is 13.8 Å². The van der Waals surface area contributed by atoms with Crippen molar-refractivity contribution in [2.75, 3.05) is 13.2 Å². The fourth-order valence-electron chi connectivity index (χ4n) is 8.90. The third-order valence-electron chi connectivity index (χ3n) is 8.64. The largest absolute Gasteiger partial charge is 0.444 e. The van der Waals surface area contributed by atoms with Gasteiger partial charge < -0.3 is 9.47 Å². The molecule has 2 aliphatic heterocycles. The molecule has 0 N–H and O–H groups in total. The third kappa shape index (κ3) is 3.40. The summed E-state index contributed by atoms with van der Waals surface area (Å²) in [6.45, 7) is 11.6. The monoisotopic (exact) mass is 417 g/mol. The molecule has 30 heavy (non-hydrogen) atoms. The van der Waals surface area contributed by atoms with Crippen molar-refractivity contribution in [3.05, 3.63) is 0 Å². The minimum atomic E-state index is -0.511. The van der Waals surface area contributed by atoms with Crippen LogP contribution in [0.5, 0.6) is 0 Å². The summed E-state index contributed by atoms with van der Waals surface area (Å²) in [6, 6.07) is -0.0808. The Bertz CT molecular complexity index is 723. The van der Waals surface area contributed by atoms with Crippen LogP contribution < -0.4 is 0 Å². The fraction of sp³-hybridized carbons (Fsp3) is 0.920. The lowest BCUT2D eigenvalue weighted by Gasteiger charge is -2.65. The SMILES string of the molecule is CC12CC3CC(C)(C1)CC(C(=O)C1CC4COCC(C1)N4C(=O)OC(C)(C)C)(C3)C2. The standard InChI is InChI=1S/C25H39NO4/c1-22(2,3)30-21(28)26-18-6-17(7-19(26)12-29-11-18)20(27)25-10-16-8-23(4,14-25)13-24(5,9-16)15-25/h16-19H,6-15H2,1-5H3. The lowest BCUT2D eigenvalue weighted by molar-refractivity contribution is -0.176. The van der Waals surface area contributed by atoms with E-state index in [0.29, 0.717) is 29.8 Å². The van der Waals surface area contributed by atoms with Gasteiger partial charge in [0.15, 0.2) is 0 Å². The summed E-state index contributed by atoms with van der Waals surface area (Å²) in [5, 5.41) is 0. The van der Waals surface area contributed by atoms with Crippen molar-refractivity contribution in [2.45, 2.75) is 104 Å². The van der Waals surface area contributed by atoms with E-state index in [4.69, 9.17) is 9.47 Å². The summed E-state index contributed by atoms with van der Waals surface area (Å²) in [7, 11) is 0. The van der Waals surface area contributed by atoms with Crippen LogP contribution in [0.1, 0.15) is 86.0 Å². The molecule has 5 heteroatoms. The van der Waals surface area contributed by atoms with Gasteiger partial charge in [-0.2, -0.15) is 0 Å². The van der Waals surface area contributed by atoms with Crippen molar-refractivity contribution in [1.29, 1.82) is 0 Å². The number of piperidine rings is 1. The zero-order chi connectivity index (χ0) is 21.5. The van der Waals surface area contributed by atoms with Gasteiger partial charge in [0.05, 0.1) is 25.3 Å². The summed E-state index contributed by atoms with van der Waals surface area (Å²) in [5.41, 5.74) is 0.0693. The van der Waals surface area contributed by atoms with E-state index in [1.54, 1.807) is 0 Å². The maximum absolute atomic E-state index is 14.1. The molecule has 6 aliphatic rings. The summed E-state index contributed by atoms with van der Waals surface area (Å²) < 4.78 is 11.5. The first-order valence-corrected chi connectivity index (χ1v) is 12.0. The Hall–Kier alpha value is -1.10. The highest BCUT2D eigenvalue weighted by molar-refractivity contribution is 5.88. The number of fused-ring (bicyclic) bond motifs is 2. The molecule has 0 aromatic heterocycles. The minimum absolute atomic E-state index is 0.0404. The number of amides is 1. The van der Waals surface area contributed by atoms with Gasteiger partial charge in [0.25, 0.3) is 0 Å². The molecule has 0 radical (unpaired) electrons. The Balaban J connectivity index is 1.36. The van der Waals surface area contributed by atoms with Crippen molar-refractivity contribution in [1.82, 2.24) is 4.90 Å². The van der Waals surface area contributed by atoms with Crippen molar-refractivity contribution < 1.29 is 19.1 Å². The number of ether oxygens (including phenoxy) is 2. The summed E-state index contributed by atoms with van der Waals surface area (Å²) >= 11 is 0. The van der Waals surface area contributed by atoms with Crippen LogP contribution in [0.15, 0.2) is 0 Å². The fourth-order valence-corrected chi connectivity index (χ4v) is 8.90. The van der Waals surface area contributed by atoms with Crippen LogP contribution in [0.25, 0.3) is 0 Å². The van der Waals surface area contributed by atoms with Crippen molar-refractivity contribution >= 4 is 11.9 Å². The van der Waals surface area contributed by atoms with Gasteiger partial charge in [0.2, 0.25) is 0 Å². The topological polar surface area (TPSA) is 55.8 Å². The molecule has 1 amide bonds. The molecule has 168 valence electrons. The van der Waals surface area contributed by atoms with Crippen molar-refractivity contribution in [3.8, 4) is 0 Å². The van der Waals surface area contributed by atoms with Crippen LogP contribution in [-0.2, 0) is 14.3 Å². The lowest BCUT2D eigenvalue weighted by atomic mass is 9.39. The Kier molecular flexibility index (Phi) is 4.48. The number of hydrogen-bond donors (Lipinski definition) is 0. The molecule has 4 unspecified atom stereocenters. The molecule has 0 spiro atoms.